The lowest BCUT2D eigenvalue weighted by Crippen LogP contribution is -2.47. The van der Waals surface area contributed by atoms with Gasteiger partial charge in [0.15, 0.2) is 0 Å². The van der Waals surface area contributed by atoms with E-state index >= 15 is 0 Å². The summed E-state index contributed by atoms with van der Waals surface area (Å²) < 4.78 is 0. The number of halogens is 1. The Kier molecular flexibility index (Phi) is 6.14. The zero-order valence-electron chi connectivity index (χ0n) is 14.5. The maximum atomic E-state index is 12.5. The van der Waals surface area contributed by atoms with Crippen LogP contribution in [0.3, 0.4) is 0 Å². The van der Waals surface area contributed by atoms with Gasteiger partial charge in [0, 0.05) is 23.5 Å². The number of rotatable bonds is 4. The van der Waals surface area contributed by atoms with Crippen LogP contribution in [0.5, 0.6) is 0 Å². The van der Waals surface area contributed by atoms with Crippen LogP contribution in [0.25, 0.3) is 0 Å². The first kappa shape index (κ1) is 17.7. The molecule has 1 N–H and O–H groups in total. The van der Waals surface area contributed by atoms with E-state index in [2.05, 4.69) is 34.3 Å². The predicted molar refractivity (Wildman–Crippen MR) is 98.1 cm³/mol. The Hall–Kier alpha value is -1.10. The van der Waals surface area contributed by atoms with Crippen molar-refractivity contribution in [2.24, 2.45) is 5.92 Å². The molecule has 2 heterocycles. The zero-order valence-corrected chi connectivity index (χ0v) is 15.3. The minimum Gasteiger partial charge on any atom is -0.353 e. The highest BCUT2D eigenvalue weighted by molar-refractivity contribution is 6.30. The van der Waals surface area contributed by atoms with E-state index in [0.717, 1.165) is 63.4 Å². The van der Waals surface area contributed by atoms with Gasteiger partial charge in [-0.25, -0.2) is 0 Å². The molecule has 0 atom stereocenters. The van der Waals surface area contributed by atoms with Crippen LogP contribution < -0.4 is 5.32 Å². The molecule has 0 spiro atoms. The second-order valence-corrected chi connectivity index (χ2v) is 7.70. The van der Waals surface area contributed by atoms with Gasteiger partial charge in [-0.15, -0.1) is 0 Å². The van der Waals surface area contributed by atoms with E-state index in [-0.39, 0.29) is 11.8 Å². The normalized spacial score (nSPS) is 21.8. The third-order valence-electron chi connectivity index (χ3n) is 5.34. The largest absolute Gasteiger partial charge is 0.353 e. The van der Waals surface area contributed by atoms with Gasteiger partial charge >= 0.3 is 0 Å². The Balaban J connectivity index is 1.41. The van der Waals surface area contributed by atoms with Gasteiger partial charge < -0.3 is 10.2 Å². The van der Waals surface area contributed by atoms with Gasteiger partial charge in [-0.2, -0.15) is 0 Å². The molecular weight excluding hydrogens is 322 g/mol. The summed E-state index contributed by atoms with van der Waals surface area (Å²) in [6, 6.07) is 8.43. The van der Waals surface area contributed by atoms with Gasteiger partial charge in [0.1, 0.15) is 0 Å². The third kappa shape index (κ3) is 4.95. The highest BCUT2D eigenvalue weighted by atomic mass is 35.5. The molecule has 0 unspecified atom stereocenters. The maximum absolute atomic E-state index is 12.5. The molecule has 24 heavy (non-hydrogen) atoms. The van der Waals surface area contributed by atoms with E-state index in [4.69, 9.17) is 11.6 Å². The molecule has 2 fully saturated rings. The smallest absolute Gasteiger partial charge is 0.223 e. The fraction of sp³-hybridized carbons (Fsp3) is 0.632. The van der Waals surface area contributed by atoms with E-state index in [1.54, 1.807) is 0 Å². The average molecular weight is 350 g/mol. The fourth-order valence-corrected chi connectivity index (χ4v) is 3.80. The number of nitrogens with one attached hydrogen (secondary N) is 1. The molecule has 5 heteroatoms. The molecule has 0 saturated carbocycles. The van der Waals surface area contributed by atoms with Crippen LogP contribution in [0.4, 0.5) is 0 Å². The van der Waals surface area contributed by atoms with Crippen LogP contribution in [0, 0.1) is 5.92 Å². The number of nitrogens with zero attached hydrogens (tertiary/aromatic N) is 2. The Bertz CT molecular complexity index is 532. The van der Waals surface area contributed by atoms with Crippen molar-refractivity contribution in [1.82, 2.24) is 15.1 Å². The van der Waals surface area contributed by atoms with Gasteiger partial charge in [0.25, 0.3) is 0 Å². The summed E-state index contributed by atoms with van der Waals surface area (Å²) in [4.78, 5) is 17.3. The molecule has 0 bridgehead atoms. The number of amides is 1. The van der Waals surface area contributed by atoms with Gasteiger partial charge in [-0.1, -0.05) is 23.7 Å². The molecule has 3 rings (SSSR count). The molecule has 4 nitrogen and oxygen atoms in total. The van der Waals surface area contributed by atoms with Crippen LogP contribution in [0.15, 0.2) is 24.3 Å². The van der Waals surface area contributed by atoms with Gasteiger partial charge in [-0.3, -0.25) is 9.69 Å². The molecular formula is C19H28ClN3O. The van der Waals surface area contributed by atoms with Gasteiger partial charge in [0.2, 0.25) is 5.91 Å². The SMILES string of the molecule is CN1CCC(NC(=O)C2CCN(Cc3ccc(Cl)cc3)CC2)CC1. The number of carbonyl (C=O) groups excluding carboxylic acids is 1. The minimum atomic E-state index is 0.186. The first-order chi connectivity index (χ1) is 11.6. The predicted octanol–water partition coefficient (Wildman–Crippen LogP) is 2.76. The van der Waals surface area contributed by atoms with Crippen LogP contribution in [-0.2, 0) is 11.3 Å². The Morgan fingerprint density at radius 3 is 2.33 bits per heavy atom. The second kappa shape index (κ2) is 8.32. The molecule has 1 amide bonds. The molecule has 0 aromatic heterocycles. The Morgan fingerprint density at radius 1 is 1.08 bits per heavy atom. The van der Waals surface area contributed by atoms with Crippen LogP contribution in [-0.4, -0.2) is 55.0 Å². The van der Waals surface area contributed by atoms with Crippen LogP contribution in [0.1, 0.15) is 31.2 Å². The standard InChI is InChI=1S/C19H28ClN3O/c1-22-10-8-18(9-11-22)21-19(24)16-6-12-23(13-7-16)14-15-2-4-17(20)5-3-15/h2-5,16,18H,6-14H2,1H3,(H,21,24). The summed E-state index contributed by atoms with van der Waals surface area (Å²) in [5.74, 6) is 0.460. The molecule has 0 radical (unpaired) electrons. The topological polar surface area (TPSA) is 35.6 Å². The quantitative estimate of drug-likeness (QED) is 0.907. The minimum absolute atomic E-state index is 0.186. The number of hydrogen-bond donors (Lipinski definition) is 1. The van der Waals surface area contributed by atoms with Gasteiger partial charge in [-0.05, 0) is 76.6 Å². The van der Waals surface area contributed by atoms with Crippen LogP contribution in [0.2, 0.25) is 5.02 Å². The molecule has 2 saturated heterocycles. The molecule has 2 aliphatic heterocycles. The molecule has 1 aromatic rings. The van der Waals surface area contributed by atoms with Crippen molar-refractivity contribution in [2.45, 2.75) is 38.3 Å². The summed E-state index contributed by atoms with van der Waals surface area (Å²) in [6.45, 7) is 5.11. The fourth-order valence-electron chi connectivity index (χ4n) is 3.67. The monoisotopic (exact) mass is 349 g/mol. The second-order valence-electron chi connectivity index (χ2n) is 7.26. The Morgan fingerprint density at radius 2 is 1.71 bits per heavy atom. The Labute approximate surface area is 150 Å². The first-order valence-corrected chi connectivity index (χ1v) is 9.43. The average Bonchev–Trinajstić information content (AvgIpc) is 2.59. The highest BCUT2D eigenvalue weighted by Gasteiger charge is 2.27. The van der Waals surface area contributed by atoms with Crippen molar-refractivity contribution in [3.63, 3.8) is 0 Å². The zero-order chi connectivity index (χ0) is 16.9. The molecule has 0 aliphatic carbocycles. The third-order valence-corrected chi connectivity index (χ3v) is 5.59. The molecule has 2 aliphatic rings. The van der Waals surface area contributed by atoms with Crippen molar-refractivity contribution in [3.8, 4) is 0 Å². The summed E-state index contributed by atoms with van der Waals surface area (Å²) in [6.07, 6.45) is 4.09. The summed E-state index contributed by atoms with van der Waals surface area (Å²) >= 11 is 5.94. The molecule has 132 valence electrons. The number of piperidine rings is 2. The van der Waals surface area contributed by atoms with Crippen molar-refractivity contribution >= 4 is 17.5 Å². The van der Waals surface area contributed by atoms with E-state index in [0.29, 0.717) is 6.04 Å². The van der Waals surface area contributed by atoms with E-state index in [9.17, 15) is 4.79 Å². The van der Waals surface area contributed by atoms with Crippen molar-refractivity contribution in [3.05, 3.63) is 34.9 Å². The first-order valence-electron chi connectivity index (χ1n) is 9.06. The maximum Gasteiger partial charge on any atom is 0.223 e. The summed E-state index contributed by atoms with van der Waals surface area (Å²) in [5, 5.41) is 4.06. The number of likely N-dealkylation sites (tertiary alicyclic amines) is 2. The number of hydrogen-bond acceptors (Lipinski definition) is 3. The summed E-state index contributed by atoms with van der Waals surface area (Å²) in [7, 11) is 2.15. The number of carbonyl (C=O) groups is 1. The van der Waals surface area contributed by atoms with E-state index in [1.807, 2.05) is 12.1 Å². The van der Waals surface area contributed by atoms with Crippen molar-refractivity contribution in [2.75, 3.05) is 33.2 Å². The lowest BCUT2D eigenvalue weighted by Gasteiger charge is -2.34. The molecule has 1 aromatic carbocycles. The number of benzene rings is 1. The summed E-state index contributed by atoms with van der Waals surface area (Å²) in [5.41, 5.74) is 1.29. The van der Waals surface area contributed by atoms with Crippen molar-refractivity contribution in [1.29, 1.82) is 0 Å². The van der Waals surface area contributed by atoms with E-state index in [1.165, 1.54) is 5.56 Å². The van der Waals surface area contributed by atoms with E-state index < -0.39 is 0 Å². The highest BCUT2D eigenvalue weighted by Crippen LogP contribution is 2.21. The lowest BCUT2D eigenvalue weighted by molar-refractivity contribution is -0.127. The van der Waals surface area contributed by atoms with Crippen LogP contribution >= 0.6 is 11.6 Å². The van der Waals surface area contributed by atoms with Crippen molar-refractivity contribution < 1.29 is 4.79 Å². The van der Waals surface area contributed by atoms with Gasteiger partial charge in [0.05, 0.1) is 0 Å². The lowest BCUT2D eigenvalue weighted by atomic mass is 9.94.